The molecule has 1 heterocycles. The molecule has 0 saturated heterocycles. The van der Waals surface area contributed by atoms with Crippen LogP contribution in [-0.2, 0) is 4.79 Å². The van der Waals surface area contributed by atoms with Crippen LogP contribution >= 0.6 is 11.3 Å². The van der Waals surface area contributed by atoms with Crippen LogP contribution in [0.2, 0.25) is 0 Å². The molecule has 0 aliphatic heterocycles. The standard InChI is InChI=1S/C20H19N3O4S/c1-13(19(24)25)27-18-15(9-6-10-17(18)26-2)11-21-23-20-22-16(12-28-20)14-7-4-3-5-8-14/h3-13H,1-2H3,(H,22,23)(H,24,25). The number of aliphatic carboxylic acids is 1. The molecule has 1 atom stereocenters. The Morgan fingerprint density at radius 3 is 2.75 bits per heavy atom. The van der Waals surface area contributed by atoms with Crippen molar-refractivity contribution in [2.75, 3.05) is 12.5 Å². The number of hydrogen-bond donors (Lipinski definition) is 2. The lowest BCUT2D eigenvalue weighted by Gasteiger charge is -2.15. The first-order valence-corrected chi connectivity index (χ1v) is 9.33. The van der Waals surface area contributed by atoms with E-state index in [4.69, 9.17) is 14.6 Å². The van der Waals surface area contributed by atoms with Crippen molar-refractivity contribution < 1.29 is 19.4 Å². The van der Waals surface area contributed by atoms with Gasteiger partial charge >= 0.3 is 5.97 Å². The zero-order valence-corrected chi connectivity index (χ0v) is 16.1. The topological polar surface area (TPSA) is 93.0 Å². The van der Waals surface area contributed by atoms with E-state index in [1.54, 1.807) is 18.2 Å². The second-order valence-electron chi connectivity index (χ2n) is 5.75. The van der Waals surface area contributed by atoms with Crippen LogP contribution in [0.15, 0.2) is 59.0 Å². The smallest absolute Gasteiger partial charge is 0.344 e. The van der Waals surface area contributed by atoms with E-state index in [-0.39, 0.29) is 0 Å². The highest BCUT2D eigenvalue weighted by Gasteiger charge is 2.18. The Balaban J connectivity index is 1.75. The molecule has 2 aromatic carbocycles. The van der Waals surface area contributed by atoms with Gasteiger partial charge < -0.3 is 14.6 Å². The summed E-state index contributed by atoms with van der Waals surface area (Å²) in [5.74, 6) is -0.324. The maximum atomic E-state index is 11.1. The minimum atomic E-state index is -1.07. The van der Waals surface area contributed by atoms with Crippen molar-refractivity contribution in [1.29, 1.82) is 0 Å². The number of carbonyl (C=O) groups is 1. The van der Waals surface area contributed by atoms with E-state index in [1.165, 1.54) is 31.6 Å². The second kappa shape index (κ2) is 9.01. The van der Waals surface area contributed by atoms with E-state index >= 15 is 0 Å². The Hall–Kier alpha value is -3.39. The molecule has 0 spiro atoms. The van der Waals surface area contributed by atoms with Gasteiger partial charge in [0.05, 0.1) is 19.0 Å². The number of rotatable bonds is 8. The third-order valence-corrected chi connectivity index (χ3v) is 4.56. The summed E-state index contributed by atoms with van der Waals surface area (Å²) in [4.78, 5) is 15.6. The molecule has 0 fully saturated rings. The van der Waals surface area contributed by atoms with Crippen LogP contribution in [0.1, 0.15) is 12.5 Å². The molecule has 1 unspecified atom stereocenters. The van der Waals surface area contributed by atoms with Crippen LogP contribution < -0.4 is 14.9 Å². The van der Waals surface area contributed by atoms with Crippen LogP contribution in [-0.4, -0.2) is 35.5 Å². The Kier molecular flexibility index (Phi) is 6.23. The first kappa shape index (κ1) is 19.4. The lowest BCUT2D eigenvalue weighted by molar-refractivity contribution is -0.144. The van der Waals surface area contributed by atoms with Gasteiger partial charge in [0.25, 0.3) is 0 Å². The molecule has 0 radical (unpaired) electrons. The van der Waals surface area contributed by atoms with Crippen molar-refractivity contribution in [2.24, 2.45) is 5.10 Å². The molecule has 7 nitrogen and oxygen atoms in total. The van der Waals surface area contributed by atoms with E-state index in [1.807, 2.05) is 35.7 Å². The summed E-state index contributed by atoms with van der Waals surface area (Å²) < 4.78 is 10.8. The first-order valence-electron chi connectivity index (χ1n) is 8.45. The number of carboxylic acids is 1. The molecular formula is C20H19N3O4S. The van der Waals surface area contributed by atoms with Crippen molar-refractivity contribution >= 4 is 28.7 Å². The Bertz CT molecular complexity index is 973. The highest BCUT2D eigenvalue weighted by molar-refractivity contribution is 7.14. The molecule has 3 rings (SSSR count). The van der Waals surface area contributed by atoms with Gasteiger partial charge in [-0.1, -0.05) is 36.4 Å². The molecule has 0 bridgehead atoms. The minimum absolute atomic E-state index is 0.314. The summed E-state index contributed by atoms with van der Waals surface area (Å²) in [6.07, 6.45) is 0.513. The van der Waals surface area contributed by atoms with Gasteiger partial charge in [-0.2, -0.15) is 5.10 Å². The summed E-state index contributed by atoms with van der Waals surface area (Å²) in [5.41, 5.74) is 5.37. The van der Waals surface area contributed by atoms with Crippen molar-refractivity contribution in [3.8, 4) is 22.8 Å². The molecule has 0 saturated carbocycles. The van der Waals surface area contributed by atoms with E-state index in [9.17, 15) is 4.79 Å². The number of anilines is 1. The molecule has 0 aliphatic carbocycles. The molecule has 8 heteroatoms. The number of thiazole rings is 1. The van der Waals surface area contributed by atoms with E-state index in [0.29, 0.717) is 22.2 Å². The van der Waals surface area contributed by atoms with Crippen LogP contribution in [0, 0.1) is 0 Å². The number of nitrogens with zero attached hydrogens (tertiary/aromatic N) is 2. The van der Waals surface area contributed by atoms with Gasteiger partial charge in [-0.05, 0) is 19.1 Å². The molecule has 144 valence electrons. The quantitative estimate of drug-likeness (QED) is 0.439. The summed E-state index contributed by atoms with van der Waals surface area (Å²) in [6, 6.07) is 15.1. The Labute approximate surface area is 166 Å². The lowest BCUT2D eigenvalue weighted by atomic mass is 10.2. The zero-order chi connectivity index (χ0) is 19.9. The summed E-state index contributed by atoms with van der Waals surface area (Å²) >= 11 is 1.44. The van der Waals surface area contributed by atoms with Crippen LogP contribution in [0.3, 0.4) is 0 Å². The number of aromatic nitrogens is 1. The van der Waals surface area contributed by atoms with Crippen LogP contribution in [0.25, 0.3) is 11.3 Å². The van der Waals surface area contributed by atoms with Gasteiger partial charge in [-0.15, -0.1) is 11.3 Å². The fourth-order valence-corrected chi connectivity index (χ4v) is 3.04. The first-order chi connectivity index (χ1) is 13.6. The van der Waals surface area contributed by atoms with Gasteiger partial charge in [-0.3, -0.25) is 5.43 Å². The average molecular weight is 397 g/mol. The molecule has 2 N–H and O–H groups in total. The van der Waals surface area contributed by atoms with E-state index < -0.39 is 12.1 Å². The van der Waals surface area contributed by atoms with E-state index in [2.05, 4.69) is 15.5 Å². The second-order valence-corrected chi connectivity index (χ2v) is 6.61. The van der Waals surface area contributed by atoms with Crippen LogP contribution in [0.5, 0.6) is 11.5 Å². The van der Waals surface area contributed by atoms with Crippen molar-refractivity contribution in [1.82, 2.24) is 4.98 Å². The van der Waals surface area contributed by atoms with Gasteiger partial charge in [-0.25, -0.2) is 9.78 Å². The predicted molar refractivity (Wildman–Crippen MR) is 109 cm³/mol. The molecule has 28 heavy (non-hydrogen) atoms. The monoisotopic (exact) mass is 397 g/mol. The molecule has 3 aromatic rings. The third-order valence-electron chi connectivity index (χ3n) is 3.81. The number of carboxylic acid groups (broad SMARTS) is 1. The summed E-state index contributed by atoms with van der Waals surface area (Å²) in [7, 11) is 1.49. The summed E-state index contributed by atoms with van der Waals surface area (Å²) in [5, 5.41) is 15.9. The zero-order valence-electron chi connectivity index (χ0n) is 15.3. The largest absolute Gasteiger partial charge is 0.493 e. The fraction of sp³-hybridized carbons (Fsp3) is 0.150. The number of benzene rings is 2. The normalized spacial score (nSPS) is 11.9. The number of hydrazone groups is 1. The van der Waals surface area contributed by atoms with Crippen LogP contribution in [0.4, 0.5) is 5.13 Å². The number of hydrogen-bond acceptors (Lipinski definition) is 7. The number of nitrogens with one attached hydrogen (secondary N) is 1. The predicted octanol–water partition coefficient (Wildman–Crippen LogP) is 4.12. The minimum Gasteiger partial charge on any atom is -0.493 e. The molecular weight excluding hydrogens is 378 g/mol. The fourth-order valence-electron chi connectivity index (χ4n) is 2.37. The number of ether oxygens (including phenoxy) is 2. The maximum Gasteiger partial charge on any atom is 0.344 e. The summed E-state index contributed by atoms with van der Waals surface area (Å²) in [6.45, 7) is 1.45. The third kappa shape index (κ3) is 4.66. The highest BCUT2D eigenvalue weighted by Crippen LogP contribution is 2.31. The SMILES string of the molecule is COc1cccc(C=NNc2nc(-c3ccccc3)cs2)c1OC(C)C(=O)O. The van der Waals surface area contributed by atoms with Crippen molar-refractivity contribution in [3.63, 3.8) is 0 Å². The van der Waals surface area contributed by atoms with Gasteiger partial charge in [0, 0.05) is 16.5 Å². The van der Waals surface area contributed by atoms with Crippen molar-refractivity contribution in [3.05, 3.63) is 59.5 Å². The Morgan fingerprint density at radius 1 is 1.25 bits per heavy atom. The average Bonchev–Trinajstić information content (AvgIpc) is 3.18. The van der Waals surface area contributed by atoms with Gasteiger partial charge in [0.15, 0.2) is 17.6 Å². The maximum absolute atomic E-state index is 11.1. The molecule has 0 aliphatic rings. The molecule has 0 amide bonds. The Morgan fingerprint density at radius 2 is 2.04 bits per heavy atom. The highest BCUT2D eigenvalue weighted by atomic mass is 32.1. The van der Waals surface area contributed by atoms with Gasteiger partial charge in [0.1, 0.15) is 0 Å². The van der Waals surface area contributed by atoms with Crippen molar-refractivity contribution in [2.45, 2.75) is 13.0 Å². The lowest BCUT2D eigenvalue weighted by Crippen LogP contribution is -2.23. The number of methoxy groups -OCH3 is 1. The van der Waals surface area contributed by atoms with Gasteiger partial charge in [0.2, 0.25) is 5.13 Å². The number of para-hydroxylation sites is 1. The van der Waals surface area contributed by atoms with E-state index in [0.717, 1.165) is 11.3 Å². The molecule has 1 aromatic heterocycles.